The first-order chi connectivity index (χ1) is 16.1. The summed E-state index contributed by atoms with van der Waals surface area (Å²) in [5.74, 6) is -0.173. The van der Waals surface area contributed by atoms with Crippen molar-refractivity contribution in [1.29, 1.82) is 0 Å². The molecule has 1 amide bonds. The van der Waals surface area contributed by atoms with Gasteiger partial charge in [0.15, 0.2) is 0 Å². The highest BCUT2D eigenvalue weighted by molar-refractivity contribution is 6.02. The second kappa shape index (κ2) is 9.29. The van der Waals surface area contributed by atoms with Crippen LogP contribution >= 0.6 is 0 Å². The van der Waals surface area contributed by atoms with Crippen molar-refractivity contribution in [2.75, 3.05) is 31.6 Å². The van der Waals surface area contributed by atoms with Crippen LogP contribution in [0.5, 0.6) is 0 Å². The van der Waals surface area contributed by atoms with Gasteiger partial charge in [-0.05, 0) is 61.3 Å². The number of carbonyl (C=O) groups excluding carboxylic acids is 1. The van der Waals surface area contributed by atoms with Crippen LogP contribution in [-0.2, 0) is 23.1 Å². The summed E-state index contributed by atoms with van der Waals surface area (Å²) < 4.78 is 7.17. The van der Waals surface area contributed by atoms with Gasteiger partial charge in [0.05, 0.1) is 19.4 Å². The predicted octanol–water partition coefficient (Wildman–Crippen LogP) is 3.75. The molecule has 33 heavy (non-hydrogen) atoms. The number of amides is 1. The average molecular weight is 444 g/mol. The van der Waals surface area contributed by atoms with E-state index in [0.717, 1.165) is 55.2 Å². The summed E-state index contributed by atoms with van der Waals surface area (Å²) in [5, 5.41) is 7.17. The number of benzene rings is 1. The van der Waals surface area contributed by atoms with Crippen LogP contribution in [0.3, 0.4) is 0 Å². The minimum atomic E-state index is -0.173. The zero-order valence-corrected chi connectivity index (χ0v) is 18.9. The number of carbonyl (C=O) groups is 1. The fourth-order valence-corrected chi connectivity index (χ4v) is 4.53. The normalized spacial score (nSPS) is 17.8. The molecule has 7 nitrogen and oxygen atoms in total. The number of anilines is 1. The van der Waals surface area contributed by atoms with Gasteiger partial charge in [-0.1, -0.05) is 12.1 Å². The van der Waals surface area contributed by atoms with Gasteiger partial charge in [0, 0.05) is 60.5 Å². The Balaban J connectivity index is 1.16. The average Bonchev–Trinajstić information content (AvgIpc) is 3.25. The van der Waals surface area contributed by atoms with Crippen molar-refractivity contribution in [3.8, 4) is 11.1 Å². The van der Waals surface area contributed by atoms with Crippen molar-refractivity contribution in [2.24, 2.45) is 12.5 Å². The molecule has 1 N–H and O–H groups in total. The monoisotopic (exact) mass is 443 g/mol. The Morgan fingerprint density at radius 1 is 1.15 bits per heavy atom. The highest BCUT2D eigenvalue weighted by Crippen LogP contribution is 2.38. The molecule has 1 aromatic carbocycles. The standard InChI is InChI=1S/C26H29N5O2/c1-30-17-22(15-28-30)24-8-11-27-14-21(24)4-7-25(32)29-23-5-2-20(3-6-23)16-31-12-9-26(10-13-31)18-33-19-26/h2-8,11,14-15,17H,9-10,12-13,16,18-19H2,1H3,(H,29,32). The van der Waals surface area contributed by atoms with Gasteiger partial charge in [-0.15, -0.1) is 0 Å². The second-order valence-corrected chi connectivity index (χ2v) is 9.15. The largest absolute Gasteiger partial charge is 0.380 e. The van der Waals surface area contributed by atoms with Crippen molar-refractivity contribution < 1.29 is 9.53 Å². The van der Waals surface area contributed by atoms with Crippen molar-refractivity contribution >= 4 is 17.7 Å². The number of hydrogen-bond donors (Lipinski definition) is 1. The molecule has 2 fully saturated rings. The van der Waals surface area contributed by atoms with Crippen molar-refractivity contribution in [3.63, 3.8) is 0 Å². The van der Waals surface area contributed by atoms with Crippen LogP contribution in [0.2, 0.25) is 0 Å². The predicted molar refractivity (Wildman–Crippen MR) is 128 cm³/mol. The molecule has 0 radical (unpaired) electrons. The Hall–Kier alpha value is -3.29. The van der Waals surface area contributed by atoms with E-state index in [-0.39, 0.29) is 5.91 Å². The lowest BCUT2D eigenvalue weighted by molar-refractivity contribution is -0.140. The van der Waals surface area contributed by atoms with E-state index in [4.69, 9.17) is 4.74 Å². The molecule has 1 spiro atoms. The molecule has 2 aliphatic heterocycles. The Morgan fingerprint density at radius 3 is 2.61 bits per heavy atom. The number of aryl methyl sites for hydroxylation is 1. The number of hydrogen-bond acceptors (Lipinski definition) is 5. The SMILES string of the molecule is Cn1cc(-c2ccncc2C=CC(=O)Nc2ccc(CN3CCC4(CC3)COC4)cc2)cn1. The maximum absolute atomic E-state index is 12.5. The van der Waals surface area contributed by atoms with E-state index in [9.17, 15) is 4.79 Å². The molecular weight excluding hydrogens is 414 g/mol. The highest BCUT2D eigenvalue weighted by atomic mass is 16.5. The van der Waals surface area contributed by atoms with Crippen molar-refractivity contribution in [1.82, 2.24) is 19.7 Å². The topological polar surface area (TPSA) is 72.3 Å². The number of rotatable bonds is 6. The number of ether oxygens (including phenoxy) is 1. The number of nitrogens with zero attached hydrogens (tertiary/aromatic N) is 4. The van der Waals surface area contributed by atoms with Crippen LogP contribution in [0.15, 0.2) is 61.2 Å². The summed E-state index contributed by atoms with van der Waals surface area (Å²) in [5.41, 5.74) is 5.36. The van der Waals surface area contributed by atoms with Crippen LogP contribution in [0.25, 0.3) is 17.2 Å². The van der Waals surface area contributed by atoms with Crippen LogP contribution in [-0.4, -0.2) is 51.9 Å². The molecule has 5 rings (SSSR count). The molecule has 0 bridgehead atoms. The first-order valence-electron chi connectivity index (χ1n) is 11.4. The summed E-state index contributed by atoms with van der Waals surface area (Å²) in [4.78, 5) is 19.2. The van der Waals surface area contributed by atoms with Gasteiger partial charge in [-0.3, -0.25) is 19.4 Å². The van der Waals surface area contributed by atoms with Crippen molar-refractivity contribution in [2.45, 2.75) is 19.4 Å². The minimum Gasteiger partial charge on any atom is -0.380 e. The van der Waals surface area contributed by atoms with Crippen LogP contribution < -0.4 is 5.32 Å². The fourth-order valence-electron chi connectivity index (χ4n) is 4.53. The lowest BCUT2D eigenvalue weighted by atomic mass is 9.77. The van der Waals surface area contributed by atoms with Gasteiger partial charge < -0.3 is 10.1 Å². The molecule has 2 aliphatic rings. The molecule has 2 saturated heterocycles. The zero-order valence-electron chi connectivity index (χ0n) is 18.9. The molecule has 7 heteroatoms. The maximum Gasteiger partial charge on any atom is 0.248 e. The summed E-state index contributed by atoms with van der Waals surface area (Å²) >= 11 is 0. The van der Waals surface area contributed by atoms with E-state index in [1.54, 1.807) is 35.4 Å². The summed E-state index contributed by atoms with van der Waals surface area (Å²) in [7, 11) is 1.88. The highest BCUT2D eigenvalue weighted by Gasteiger charge is 2.40. The van der Waals surface area contributed by atoms with Crippen LogP contribution in [0, 0.1) is 5.41 Å². The van der Waals surface area contributed by atoms with Crippen LogP contribution in [0.4, 0.5) is 5.69 Å². The Bertz CT molecular complexity index is 1140. The van der Waals surface area contributed by atoms with Crippen molar-refractivity contribution in [3.05, 3.63) is 72.3 Å². The maximum atomic E-state index is 12.5. The van der Waals surface area contributed by atoms with Gasteiger partial charge in [0.1, 0.15) is 0 Å². The van der Waals surface area contributed by atoms with Gasteiger partial charge in [-0.25, -0.2) is 0 Å². The Labute approximate surface area is 194 Å². The molecule has 0 aliphatic carbocycles. The molecule has 0 saturated carbocycles. The smallest absolute Gasteiger partial charge is 0.248 e. The Kier molecular flexibility index (Phi) is 6.07. The fraction of sp³-hybridized carbons (Fsp3) is 0.346. The molecule has 4 heterocycles. The van der Waals surface area contributed by atoms with E-state index in [0.29, 0.717) is 5.41 Å². The third kappa shape index (κ3) is 5.05. The van der Waals surface area contributed by atoms with Gasteiger partial charge in [0.2, 0.25) is 5.91 Å². The number of aromatic nitrogens is 3. The van der Waals surface area contributed by atoms with E-state index >= 15 is 0 Å². The van der Waals surface area contributed by atoms with E-state index in [1.807, 2.05) is 31.4 Å². The summed E-state index contributed by atoms with van der Waals surface area (Å²) in [6, 6.07) is 10.1. The Morgan fingerprint density at radius 2 is 1.94 bits per heavy atom. The number of piperidine rings is 1. The first kappa shape index (κ1) is 21.6. The molecule has 170 valence electrons. The van der Waals surface area contributed by atoms with E-state index in [2.05, 4.69) is 32.4 Å². The lowest BCUT2D eigenvalue weighted by Crippen LogP contribution is -2.50. The van der Waals surface area contributed by atoms with Gasteiger partial charge in [-0.2, -0.15) is 5.10 Å². The summed E-state index contributed by atoms with van der Waals surface area (Å²) in [6.07, 6.45) is 13.0. The third-order valence-electron chi connectivity index (χ3n) is 6.64. The zero-order chi connectivity index (χ0) is 22.7. The molecule has 0 unspecified atom stereocenters. The van der Waals surface area contributed by atoms with E-state index in [1.165, 1.54) is 18.4 Å². The molecule has 0 atom stereocenters. The van der Waals surface area contributed by atoms with Crippen LogP contribution in [0.1, 0.15) is 24.0 Å². The quantitative estimate of drug-likeness (QED) is 0.588. The van der Waals surface area contributed by atoms with E-state index < -0.39 is 0 Å². The number of pyridine rings is 1. The summed E-state index contributed by atoms with van der Waals surface area (Å²) in [6.45, 7) is 5.08. The minimum absolute atomic E-state index is 0.173. The number of nitrogens with one attached hydrogen (secondary N) is 1. The molecule has 2 aromatic heterocycles. The molecule has 3 aromatic rings. The second-order valence-electron chi connectivity index (χ2n) is 9.15. The molecular formula is C26H29N5O2. The van der Waals surface area contributed by atoms with Gasteiger partial charge in [0.25, 0.3) is 0 Å². The number of likely N-dealkylation sites (tertiary alicyclic amines) is 1. The third-order valence-corrected chi connectivity index (χ3v) is 6.64. The first-order valence-corrected chi connectivity index (χ1v) is 11.4. The van der Waals surface area contributed by atoms with Gasteiger partial charge >= 0.3 is 0 Å². The lowest BCUT2D eigenvalue weighted by Gasteiger charge is -2.47.